The molecule has 2 N–H and O–H groups in total. The van der Waals surface area contributed by atoms with E-state index in [1.165, 1.54) is 0 Å². The summed E-state index contributed by atoms with van der Waals surface area (Å²) < 4.78 is 7.39. The average Bonchev–Trinajstić information content (AvgIpc) is 2.09. The van der Waals surface area contributed by atoms with E-state index in [9.17, 15) is 4.79 Å². The molecule has 1 aliphatic rings. The van der Waals surface area contributed by atoms with Crippen LogP contribution in [0.15, 0.2) is 0 Å². The van der Waals surface area contributed by atoms with Crippen molar-refractivity contribution in [1.29, 1.82) is 0 Å². The zero-order valence-electron chi connectivity index (χ0n) is 6.62. The molecule has 1 amide bonds. The molecule has 4 nitrogen and oxygen atoms in total. The van der Waals surface area contributed by atoms with Crippen LogP contribution in [-0.2, 0) is 4.74 Å². The van der Waals surface area contributed by atoms with Crippen molar-refractivity contribution in [3.8, 4) is 0 Å². The van der Waals surface area contributed by atoms with Gasteiger partial charge in [0, 0.05) is 0 Å². The van der Waals surface area contributed by atoms with Gasteiger partial charge in [-0.05, 0) is 25.7 Å². The monoisotopic (exact) mass is 285 g/mol. The highest BCUT2D eigenvalue weighted by atomic mass is 127. The van der Waals surface area contributed by atoms with Gasteiger partial charge in [0.05, 0.1) is 29.0 Å². The molecule has 1 aliphatic carbocycles. The first-order chi connectivity index (χ1) is 5.72. The maximum Gasteiger partial charge on any atom is 0.416 e. The summed E-state index contributed by atoms with van der Waals surface area (Å²) in [7, 11) is 0. The Bertz CT molecular complexity index is 157. The third-order valence-electron chi connectivity index (χ3n) is 1.99. The van der Waals surface area contributed by atoms with Crippen LogP contribution < -0.4 is 3.53 Å². The molecule has 70 valence electrons. The van der Waals surface area contributed by atoms with E-state index in [2.05, 4.69) is 3.53 Å². The van der Waals surface area contributed by atoms with Gasteiger partial charge in [0.25, 0.3) is 0 Å². The van der Waals surface area contributed by atoms with Crippen LogP contribution in [0.5, 0.6) is 0 Å². The highest BCUT2D eigenvalue weighted by molar-refractivity contribution is 14.1. The van der Waals surface area contributed by atoms with Gasteiger partial charge in [0.2, 0.25) is 0 Å². The molecule has 1 rings (SSSR count). The van der Waals surface area contributed by atoms with Gasteiger partial charge in [0.15, 0.2) is 0 Å². The van der Waals surface area contributed by atoms with Gasteiger partial charge in [-0.15, -0.1) is 0 Å². The van der Waals surface area contributed by atoms with Crippen molar-refractivity contribution in [3.63, 3.8) is 0 Å². The number of ether oxygens (including phenoxy) is 1. The predicted octanol–water partition coefficient (Wildman–Crippen LogP) is 1.37. The summed E-state index contributed by atoms with van der Waals surface area (Å²) >= 11 is 1.74. The summed E-state index contributed by atoms with van der Waals surface area (Å²) in [6.07, 6.45) is 2.40. The van der Waals surface area contributed by atoms with Crippen LogP contribution in [-0.4, -0.2) is 23.4 Å². The van der Waals surface area contributed by atoms with Crippen molar-refractivity contribution in [3.05, 3.63) is 0 Å². The lowest BCUT2D eigenvalue weighted by Crippen LogP contribution is -2.28. The molecule has 1 fully saturated rings. The molecule has 1 saturated carbocycles. The van der Waals surface area contributed by atoms with Crippen molar-refractivity contribution in [1.82, 2.24) is 3.53 Å². The topological polar surface area (TPSA) is 58.6 Å². The lowest BCUT2D eigenvalue weighted by atomic mass is 9.95. The number of carbonyl (C=O) groups excluding carboxylic acids is 1. The number of halogens is 1. The third kappa shape index (κ3) is 3.14. The minimum atomic E-state index is -0.392. The smallest absolute Gasteiger partial charge is 0.416 e. The summed E-state index contributed by atoms with van der Waals surface area (Å²) in [5, 5.41) is 9.16. The van der Waals surface area contributed by atoms with Gasteiger partial charge in [-0.1, -0.05) is 0 Å². The van der Waals surface area contributed by atoms with Crippen molar-refractivity contribution in [2.75, 3.05) is 0 Å². The molecule has 0 unspecified atom stereocenters. The molecule has 12 heavy (non-hydrogen) atoms. The summed E-state index contributed by atoms with van der Waals surface area (Å²) in [5.41, 5.74) is 0. The van der Waals surface area contributed by atoms with Crippen LogP contribution in [0.1, 0.15) is 25.7 Å². The van der Waals surface area contributed by atoms with Crippen LogP contribution >= 0.6 is 22.9 Å². The number of nitrogens with one attached hydrogen (secondary N) is 1. The molecule has 0 aromatic heterocycles. The maximum atomic E-state index is 10.8. The van der Waals surface area contributed by atoms with Crippen molar-refractivity contribution >= 4 is 29.0 Å². The van der Waals surface area contributed by atoms with Crippen LogP contribution in [0.3, 0.4) is 0 Å². The fourth-order valence-electron chi connectivity index (χ4n) is 1.34. The van der Waals surface area contributed by atoms with Crippen LogP contribution in [0, 0.1) is 0 Å². The Morgan fingerprint density at radius 2 is 2.00 bits per heavy atom. The number of rotatable bonds is 1. The molecular formula is C7H12INO3. The maximum absolute atomic E-state index is 10.8. The molecule has 0 atom stereocenters. The summed E-state index contributed by atoms with van der Waals surface area (Å²) in [6, 6.07) is 0. The van der Waals surface area contributed by atoms with Crippen LogP contribution in [0.25, 0.3) is 0 Å². The Morgan fingerprint density at radius 3 is 2.50 bits per heavy atom. The van der Waals surface area contributed by atoms with Crippen molar-refractivity contribution in [2.45, 2.75) is 37.9 Å². The van der Waals surface area contributed by atoms with E-state index in [0.29, 0.717) is 0 Å². The van der Waals surface area contributed by atoms with Crippen LogP contribution in [0.4, 0.5) is 4.79 Å². The lowest BCUT2D eigenvalue weighted by Gasteiger charge is -2.24. The molecule has 0 bridgehead atoms. The molecule has 0 radical (unpaired) electrons. The average molecular weight is 285 g/mol. The minimum absolute atomic E-state index is 0.0110. The zero-order valence-corrected chi connectivity index (χ0v) is 8.78. The standard InChI is InChI=1S/C7H12INO3/c8-9-7(11)12-6-3-1-5(10)2-4-6/h5-6,10H,1-4H2,(H,9,11)/t5-,6-. The van der Waals surface area contributed by atoms with E-state index in [1.807, 2.05) is 0 Å². The molecular weight excluding hydrogens is 273 g/mol. The Kier molecular flexibility index (Phi) is 4.07. The molecule has 5 heteroatoms. The molecule has 0 saturated heterocycles. The number of carbonyl (C=O) groups is 1. The van der Waals surface area contributed by atoms with Gasteiger partial charge in [-0.25, -0.2) is 4.79 Å². The van der Waals surface area contributed by atoms with Gasteiger partial charge in [-0.2, -0.15) is 0 Å². The predicted molar refractivity (Wildman–Crippen MR) is 51.9 cm³/mol. The Morgan fingerprint density at radius 1 is 1.42 bits per heavy atom. The normalized spacial score (nSPS) is 29.5. The largest absolute Gasteiger partial charge is 0.446 e. The number of hydrogen-bond donors (Lipinski definition) is 2. The first-order valence-corrected chi connectivity index (χ1v) is 5.05. The van der Waals surface area contributed by atoms with E-state index in [1.54, 1.807) is 22.9 Å². The second kappa shape index (κ2) is 4.86. The number of aliphatic hydroxyl groups is 1. The Balaban J connectivity index is 2.21. The molecule has 0 spiro atoms. The fourth-order valence-corrected chi connectivity index (χ4v) is 1.46. The number of hydrogen-bond acceptors (Lipinski definition) is 3. The molecule has 0 aromatic rings. The van der Waals surface area contributed by atoms with Crippen molar-refractivity contribution < 1.29 is 14.6 Å². The van der Waals surface area contributed by atoms with E-state index in [4.69, 9.17) is 9.84 Å². The van der Waals surface area contributed by atoms with E-state index in [-0.39, 0.29) is 12.2 Å². The van der Waals surface area contributed by atoms with E-state index >= 15 is 0 Å². The summed E-state index contributed by atoms with van der Waals surface area (Å²) in [5.74, 6) is 0. The molecule has 0 heterocycles. The fraction of sp³-hybridized carbons (Fsp3) is 0.857. The Hall–Kier alpha value is -0.0400. The SMILES string of the molecule is O=C(NI)O[C@H]1CC[C@H](O)CC1. The van der Waals surface area contributed by atoms with Gasteiger partial charge < -0.3 is 9.84 Å². The number of amides is 1. The van der Waals surface area contributed by atoms with Crippen LogP contribution in [0.2, 0.25) is 0 Å². The van der Waals surface area contributed by atoms with E-state index in [0.717, 1.165) is 25.7 Å². The Labute approximate surface area is 85.2 Å². The van der Waals surface area contributed by atoms with Gasteiger partial charge >= 0.3 is 6.09 Å². The summed E-state index contributed by atoms with van der Waals surface area (Å²) in [4.78, 5) is 10.8. The van der Waals surface area contributed by atoms with Gasteiger partial charge in [0.1, 0.15) is 6.10 Å². The minimum Gasteiger partial charge on any atom is -0.446 e. The van der Waals surface area contributed by atoms with E-state index < -0.39 is 6.09 Å². The second-order valence-corrected chi connectivity index (χ2v) is 3.47. The van der Waals surface area contributed by atoms with Gasteiger partial charge in [-0.3, -0.25) is 3.53 Å². The highest BCUT2D eigenvalue weighted by Crippen LogP contribution is 2.20. The molecule has 0 aromatic carbocycles. The second-order valence-electron chi connectivity index (χ2n) is 2.93. The number of aliphatic hydroxyl groups excluding tert-OH is 1. The first-order valence-electron chi connectivity index (χ1n) is 3.97. The third-order valence-corrected chi connectivity index (χ3v) is 2.43. The first kappa shape index (κ1) is 10.0. The summed E-state index contributed by atoms with van der Waals surface area (Å²) in [6.45, 7) is 0. The zero-order chi connectivity index (χ0) is 8.97. The quantitative estimate of drug-likeness (QED) is 0.565. The highest BCUT2D eigenvalue weighted by Gasteiger charge is 2.21. The lowest BCUT2D eigenvalue weighted by molar-refractivity contribution is 0.0373. The molecule has 0 aliphatic heterocycles. The van der Waals surface area contributed by atoms with Crippen molar-refractivity contribution in [2.24, 2.45) is 0 Å².